The fourth-order valence-corrected chi connectivity index (χ4v) is 8.86. The van der Waals surface area contributed by atoms with Crippen LogP contribution in [0.15, 0.2) is 48.5 Å². The summed E-state index contributed by atoms with van der Waals surface area (Å²) in [5.41, 5.74) is 1.18. The molecule has 2 bridgehead atoms. The van der Waals surface area contributed by atoms with Crippen LogP contribution in [0.3, 0.4) is 0 Å². The highest BCUT2D eigenvalue weighted by Crippen LogP contribution is 2.71. The number of rotatable bonds is 8. The number of aliphatic hydroxyl groups is 1. The minimum Gasteiger partial charge on any atom is -0.494 e. The van der Waals surface area contributed by atoms with Crippen molar-refractivity contribution in [3.63, 3.8) is 0 Å². The second-order valence-electron chi connectivity index (χ2n) is 10.4. The lowest BCUT2D eigenvalue weighted by Gasteiger charge is -2.36. The number of carbonyl (C=O) groups excluding carboxylic acids is 3. The number of aliphatic hydroxyl groups excluding tert-OH is 1. The van der Waals surface area contributed by atoms with E-state index >= 15 is 0 Å². The van der Waals surface area contributed by atoms with Crippen molar-refractivity contribution in [2.45, 2.75) is 55.2 Å². The number of nitrogens with zero attached hydrogens (tertiary/aromatic N) is 1. The number of hydrogen-bond donors (Lipinski definition) is 3. The van der Waals surface area contributed by atoms with Crippen molar-refractivity contribution in [3.8, 4) is 5.75 Å². The predicted molar refractivity (Wildman–Crippen MR) is 148 cm³/mol. The fraction of sp³-hybridized carbons (Fsp3) is 0.464. The van der Waals surface area contributed by atoms with Crippen molar-refractivity contribution >= 4 is 52.5 Å². The summed E-state index contributed by atoms with van der Waals surface area (Å²) < 4.78 is 4.22. The second-order valence-corrected chi connectivity index (χ2v) is 12.8. The summed E-state index contributed by atoms with van der Waals surface area (Å²) in [6.07, 6.45) is 1.33. The molecule has 5 rings (SSSR count). The first-order valence-electron chi connectivity index (χ1n) is 12.9. The molecule has 6 atom stereocenters. The molecule has 3 aliphatic heterocycles. The normalized spacial score (nSPS) is 30.2. The van der Waals surface area contributed by atoms with Crippen LogP contribution in [-0.2, 0) is 14.4 Å². The zero-order valence-electron chi connectivity index (χ0n) is 21.6. The molecule has 3 fully saturated rings. The molecule has 0 radical (unpaired) electrons. The maximum Gasteiger partial charge on any atom is 0.248 e. The van der Waals surface area contributed by atoms with E-state index in [2.05, 4.69) is 10.6 Å². The number of hydrogen-bond acceptors (Lipinski definition) is 6. The van der Waals surface area contributed by atoms with E-state index in [0.717, 1.165) is 0 Å². The van der Waals surface area contributed by atoms with Gasteiger partial charge in [-0.05, 0) is 82.1 Å². The van der Waals surface area contributed by atoms with Crippen LogP contribution in [0.2, 0.25) is 5.02 Å². The maximum atomic E-state index is 14.0. The Hall–Kier alpha value is -2.75. The van der Waals surface area contributed by atoms with Gasteiger partial charge < -0.3 is 25.4 Å². The zero-order valence-corrected chi connectivity index (χ0v) is 23.1. The van der Waals surface area contributed by atoms with Crippen LogP contribution in [0.4, 0.5) is 11.4 Å². The molecule has 2 aromatic carbocycles. The molecule has 202 valence electrons. The lowest BCUT2D eigenvalue weighted by molar-refractivity contribution is -0.141. The molecule has 3 amide bonds. The summed E-state index contributed by atoms with van der Waals surface area (Å²) in [4.78, 5) is 43.1. The zero-order chi connectivity index (χ0) is 27.2. The number of anilines is 2. The summed E-state index contributed by atoms with van der Waals surface area (Å²) in [7, 11) is 0. The van der Waals surface area contributed by atoms with E-state index in [-0.39, 0.29) is 24.3 Å². The number of halogens is 1. The third-order valence-electron chi connectivity index (χ3n) is 8.03. The second kappa shape index (κ2) is 10.1. The van der Waals surface area contributed by atoms with Crippen molar-refractivity contribution in [1.82, 2.24) is 4.90 Å². The van der Waals surface area contributed by atoms with Crippen molar-refractivity contribution in [3.05, 3.63) is 53.6 Å². The van der Waals surface area contributed by atoms with Crippen LogP contribution in [0, 0.1) is 11.8 Å². The lowest BCUT2D eigenvalue weighted by atomic mass is 9.66. The van der Waals surface area contributed by atoms with Crippen LogP contribution >= 0.6 is 23.4 Å². The number of ether oxygens (including phenoxy) is 1. The number of likely N-dealkylation sites (tertiary alicyclic amines) is 1. The summed E-state index contributed by atoms with van der Waals surface area (Å²) in [5, 5.41) is 16.5. The molecule has 0 aromatic heterocycles. The quantitative estimate of drug-likeness (QED) is 0.449. The molecule has 2 unspecified atom stereocenters. The molecule has 2 aromatic rings. The average Bonchev–Trinajstić information content (AvgIpc) is 3.47. The average molecular weight is 558 g/mol. The van der Waals surface area contributed by atoms with Crippen molar-refractivity contribution in [1.29, 1.82) is 0 Å². The van der Waals surface area contributed by atoms with E-state index in [1.165, 1.54) is 4.90 Å². The highest BCUT2D eigenvalue weighted by Gasteiger charge is 2.77. The smallest absolute Gasteiger partial charge is 0.248 e. The van der Waals surface area contributed by atoms with Gasteiger partial charge in [0.2, 0.25) is 17.7 Å². The van der Waals surface area contributed by atoms with Crippen molar-refractivity contribution in [2.75, 3.05) is 23.8 Å². The number of benzene rings is 2. The van der Waals surface area contributed by atoms with E-state index in [1.54, 1.807) is 67.2 Å². The van der Waals surface area contributed by atoms with Crippen LogP contribution < -0.4 is 15.4 Å². The molecular formula is C28H32ClN3O5S. The molecule has 3 saturated heterocycles. The third-order valence-corrected chi connectivity index (χ3v) is 10.3. The summed E-state index contributed by atoms with van der Waals surface area (Å²) in [6.45, 7) is 5.91. The molecule has 3 aliphatic rings. The van der Waals surface area contributed by atoms with Gasteiger partial charge in [-0.1, -0.05) is 11.6 Å². The highest BCUT2D eigenvalue weighted by molar-refractivity contribution is 8.02. The highest BCUT2D eigenvalue weighted by atomic mass is 35.5. The van der Waals surface area contributed by atoms with Gasteiger partial charge in [0.1, 0.15) is 11.8 Å². The lowest BCUT2D eigenvalue weighted by Crippen LogP contribution is -2.54. The van der Waals surface area contributed by atoms with Gasteiger partial charge in [-0.25, -0.2) is 0 Å². The Morgan fingerprint density at radius 2 is 1.71 bits per heavy atom. The first-order chi connectivity index (χ1) is 18.1. The van der Waals surface area contributed by atoms with Gasteiger partial charge in [0.25, 0.3) is 0 Å². The summed E-state index contributed by atoms with van der Waals surface area (Å²) in [6, 6.07) is 12.5. The van der Waals surface area contributed by atoms with Gasteiger partial charge >= 0.3 is 0 Å². The standard InChI is InChI=1S/C28H32ClN3O5S/c1-4-37-20-11-9-19(10-12-20)30-24(34)21-22-26(36)32(16(2)15-33)23(28(22)14-13-27(21,3)38-28)25(35)31-18-7-5-17(29)6-8-18/h5-12,16,21-23,33H,4,13-15H2,1-3H3,(H,30,34)(H,31,35)/t16-,21+,22+,23?,27-,28?/m1/s1. The number of fused-ring (bicyclic) bond motifs is 1. The van der Waals surface area contributed by atoms with Gasteiger partial charge in [-0.15, -0.1) is 11.8 Å². The monoisotopic (exact) mass is 557 g/mol. The minimum atomic E-state index is -0.826. The summed E-state index contributed by atoms with van der Waals surface area (Å²) in [5.74, 6) is -1.41. The minimum absolute atomic E-state index is 0.237. The largest absolute Gasteiger partial charge is 0.494 e. The Morgan fingerprint density at radius 3 is 2.32 bits per heavy atom. The first-order valence-corrected chi connectivity index (χ1v) is 14.1. The van der Waals surface area contributed by atoms with E-state index in [4.69, 9.17) is 16.3 Å². The molecule has 0 aliphatic carbocycles. The maximum absolute atomic E-state index is 14.0. The van der Waals surface area contributed by atoms with Gasteiger partial charge in [0.05, 0.1) is 35.8 Å². The molecule has 8 nitrogen and oxygen atoms in total. The van der Waals surface area contributed by atoms with E-state index in [9.17, 15) is 19.5 Å². The van der Waals surface area contributed by atoms with Gasteiger partial charge in [-0.2, -0.15) is 0 Å². The Balaban J connectivity index is 1.46. The Morgan fingerprint density at radius 1 is 1.11 bits per heavy atom. The SMILES string of the molecule is CCOc1ccc(NC(=O)[C@@H]2[C@H]3C(=O)N([C@H](C)CO)C(C(=O)Nc4ccc(Cl)cc4)C34CC[C@@]2(C)S4)cc1. The van der Waals surface area contributed by atoms with Crippen LogP contribution in [0.5, 0.6) is 5.75 Å². The fourth-order valence-electron chi connectivity index (χ4n) is 6.39. The van der Waals surface area contributed by atoms with Gasteiger partial charge in [0, 0.05) is 21.1 Å². The molecule has 1 spiro atoms. The van der Waals surface area contributed by atoms with Gasteiger partial charge in [-0.3, -0.25) is 14.4 Å². The number of nitrogens with one attached hydrogen (secondary N) is 2. The van der Waals surface area contributed by atoms with Crippen LogP contribution in [-0.4, -0.2) is 62.5 Å². The number of carbonyl (C=O) groups is 3. The molecule has 10 heteroatoms. The van der Waals surface area contributed by atoms with E-state index in [0.29, 0.717) is 41.6 Å². The number of amides is 3. The predicted octanol–water partition coefficient (Wildman–Crippen LogP) is 4.18. The summed E-state index contributed by atoms with van der Waals surface area (Å²) >= 11 is 7.59. The van der Waals surface area contributed by atoms with Gasteiger partial charge in [0.15, 0.2) is 0 Å². The third kappa shape index (κ3) is 4.34. The molecule has 0 saturated carbocycles. The van der Waals surface area contributed by atoms with E-state index < -0.39 is 33.4 Å². The van der Waals surface area contributed by atoms with E-state index in [1.807, 2.05) is 13.8 Å². The molecule has 38 heavy (non-hydrogen) atoms. The molecule has 3 N–H and O–H groups in total. The molecular weight excluding hydrogens is 526 g/mol. The first kappa shape index (κ1) is 26.8. The Labute approximate surface area is 231 Å². The Kier molecular flexibility index (Phi) is 7.13. The van der Waals surface area contributed by atoms with Crippen LogP contribution in [0.25, 0.3) is 0 Å². The number of thioether (sulfide) groups is 1. The van der Waals surface area contributed by atoms with Crippen molar-refractivity contribution in [2.24, 2.45) is 11.8 Å². The van der Waals surface area contributed by atoms with Crippen LogP contribution in [0.1, 0.15) is 33.6 Å². The topological polar surface area (TPSA) is 108 Å². The van der Waals surface area contributed by atoms with Crippen molar-refractivity contribution < 1.29 is 24.2 Å². The molecule has 3 heterocycles. The Bertz CT molecular complexity index is 1240.